The molecule has 0 fully saturated rings. The first-order valence-corrected chi connectivity index (χ1v) is 15.1. The van der Waals surface area contributed by atoms with Gasteiger partial charge in [-0.25, -0.2) is 4.98 Å². The minimum atomic E-state index is -1.29. The minimum Gasteiger partial charge on any atom is -0.493 e. The Kier molecular flexibility index (Phi) is 10.7. The van der Waals surface area contributed by atoms with Gasteiger partial charge in [0.25, 0.3) is 5.91 Å². The normalized spacial score (nSPS) is 16.4. The number of carboxylic acid groups (broad SMARTS) is 1. The highest BCUT2D eigenvalue weighted by molar-refractivity contribution is 7.15. The molecule has 0 unspecified atom stereocenters. The van der Waals surface area contributed by atoms with Crippen LogP contribution in [-0.2, 0) is 35.1 Å². The van der Waals surface area contributed by atoms with Gasteiger partial charge in [-0.2, -0.15) is 0 Å². The van der Waals surface area contributed by atoms with Crippen LogP contribution in [0.25, 0.3) is 0 Å². The molecule has 12 nitrogen and oxygen atoms in total. The molecule has 45 heavy (non-hydrogen) atoms. The number of esters is 1. The average molecular weight is 660 g/mol. The van der Waals surface area contributed by atoms with Gasteiger partial charge in [-0.1, -0.05) is 37.6 Å². The second kappa shape index (κ2) is 14.3. The monoisotopic (exact) mass is 659 g/mol. The highest BCUT2D eigenvalue weighted by Crippen LogP contribution is 2.45. The second-order valence-corrected chi connectivity index (χ2v) is 12.7. The Bertz CT molecular complexity index is 1590. The predicted octanol–water partition coefficient (Wildman–Crippen LogP) is 4.88. The van der Waals surface area contributed by atoms with Crippen molar-refractivity contribution in [2.75, 3.05) is 37.6 Å². The summed E-state index contributed by atoms with van der Waals surface area (Å²) in [6.45, 7) is 5.17. The molecule has 0 aliphatic carbocycles. The van der Waals surface area contributed by atoms with Gasteiger partial charge in [0.2, 0.25) is 5.91 Å². The molecule has 2 aromatic carbocycles. The van der Waals surface area contributed by atoms with E-state index in [1.807, 2.05) is 13.8 Å². The van der Waals surface area contributed by atoms with E-state index in [1.165, 1.54) is 32.2 Å². The maximum absolute atomic E-state index is 14.3. The van der Waals surface area contributed by atoms with Crippen molar-refractivity contribution in [3.8, 4) is 11.5 Å². The number of aromatic nitrogens is 1. The molecule has 2 heterocycles. The number of hydrogen-bond donors (Lipinski definition) is 2. The van der Waals surface area contributed by atoms with Crippen LogP contribution in [0.1, 0.15) is 49.3 Å². The number of carbonyl (C=O) groups excluding carboxylic acids is 3. The highest BCUT2D eigenvalue weighted by atomic mass is 35.5. The zero-order valence-electron chi connectivity index (χ0n) is 25.4. The Hall–Kier alpha value is -4.20. The zero-order valence-corrected chi connectivity index (χ0v) is 27.0. The van der Waals surface area contributed by atoms with Crippen molar-refractivity contribution in [1.29, 1.82) is 0 Å². The number of para-hydroxylation sites is 1. The number of benzene rings is 2. The van der Waals surface area contributed by atoms with Crippen molar-refractivity contribution >= 4 is 57.5 Å². The van der Waals surface area contributed by atoms with Crippen LogP contribution < -0.4 is 19.7 Å². The number of thiazole rings is 1. The Morgan fingerprint density at radius 1 is 1.16 bits per heavy atom. The van der Waals surface area contributed by atoms with Crippen molar-refractivity contribution < 1.29 is 43.2 Å². The largest absolute Gasteiger partial charge is 0.493 e. The smallest absolute Gasteiger partial charge is 0.308 e. The summed E-state index contributed by atoms with van der Waals surface area (Å²) in [7, 11) is 2.99. The molecule has 0 radical (unpaired) electrons. The first-order chi connectivity index (χ1) is 21.3. The fraction of sp³-hybridized carbons (Fsp3) is 0.387. The molecule has 14 heteroatoms. The van der Waals surface area contributed by atoms with Crippen molar-refractivity contribution in [3.63, 3.8) is 0 Å². The van der Waals surface area contributed by atoms with E-state index in [2.05, 4.69) is 10.3 Å². The standard InChI is InChI=1S/C31H34ClN3O9S/c1-17(36)43-16-31(2,3)15-35-22-10-9-18(32)11-21(22)27(20-7-6-8-23(41-4)28(20)42-5)44-24(29(35)40)13-25(37)34-30-33-14-19(45-30)12-26(38)39/h6-11,14,24,27H,12-13,15-16H2,1-5H3,(H,38,39)(H,33,34,37)/t24-,27-/m1/s1. The van der Waals surface area contributed by atoms with Crippen LogP contribution in [0.15, 0.2) is 42.6 Å². The number of fused-ring (bicyclic) bond motifs is 1. The van der Waals surface area contributed by atoms with Gasteiger partial charge in [-0.05, 0) is 24.3 Å². The summed E-state index contributed by atoms with van der Waals surface area (Å²) in [6, 6.07) is 10.3. The predicted molar refractivity (Wildman–Crippen MR) is 167 cm³/mol. The number of nitrogens with zero attached hydrogens (tertiary/aromatic N) is 2. The van der Waals surface area contributed by atoms with Crippen LogP contribution in [0, 0.1) is 5.41 Å². The highest BCUT2D eigenvalue weighted by Gasteiger charge is 2.41. The van der Waals surface area contributed by atoms with Gasteiger partial charge in [0, 0.05) is 51.8 Å². The quantitative estimate of drug-likeness (QED) is 0.257. The third-order valence-corrected chi connectivity index (χ3v) is 8.02. The van der Waals surface area contributed by atoms with Crippen LogP contribution in [0.5, 0.6) is 11.5 Å². The summed E-state index contributed by atoms with van der Waals surface area (Å²) >= 11 is 7.51. The molecule has 3 aromatic rings. The van der Waals surface area contributed by atoms with E-state index in [9.17, 15) is 19.2 Å². The molecule has 240 valence electrons. The Morgan fingerprint density at radius 2 is 1.91 bits per heavy atom. The lowest BCUT2D eigenvalue weighted by molar-refractivity contribution is -0.144. The van der Waals surface area contributed by atoms with Crippen LogP contribution in [0.2, 0.25) is 5.02 Å². The van der Waals surface area contributed by atoms with Crippen molar-refractivity contribution in [2.45, 2.75) is 45.8 Å². The zero-order chi connectivity index (χ0) is 32.9. The Labute approximate surface area is 269 Å². The molecule has 1 aliphatic rings. The number of carbonyl (C=O) groups is 4. The molecule has 0 bridgehead atoms. The molecule has 2 atom stereocenters. The topological polar surface area (TPSA) is 154 Å². The Balaban J connectivity index is 1.77. The molecule has 2 N–H and O–H groups in total. The van der Waals surface area contributed by atoms with E-state index < -0.39 is 47.8 Å². The van der Waals surface area contributed by atoms with Crippen LogP contribution >= 0.6 is 22.9 Å². The van der Waals surface area contributed by atoms with Gasteiger partial charge in [-0.3, -0.25) is 19.2 Å². The van der Waals surface area contributed by atoms with Gasteiger partial charge in [0.15, 0.2) is 16.6 Å². The number of nitrogens with one attached hydrogen (secondary N) is 1. The minimum absolute atomic E-state index is 0.0386. The van der Waals surface area contributed by atoms with E-state index in [0.717, 1.165) is 11.3 Å². The van der Waals surface area contributed by atoms with Crippen LogP contribution in [0.4, 0.5) is 10.8 Å². The molecular weight excluding hydrogens is 626 g/mol. The average Bonchev–Trinajstić information content (AvgIpc) is 3.37. The third-order valence-electron chi connectivity index (χ3n) is 6.87. The fourth-order valence-corrected chi connectivity index (χ4v) is 5.93. The fourth-order valence-electron chi connectivity index (χ4n) is 4.93. The first kappa shape index (κ1) is 33.7. The maximum atomic E-state index is 14.3. The lowest BCUT2D eigenvalue weighted by Crippen LogP contribution is -2.46. The molecule has 0 spiro atoms. The van der Waals surface area contributed by atoms with Gasteiger partial charge >= 0.3 is 11.9 Å². The SMILES string of the molecule is COc1cccc([C@H]2O[C@H](CC(=O)Nc3ncc(CC(=O)O)s3)C(=O)N(CC(C)(C)COC(C)=O)c3ccc(Cl)cc32)c1OC. The lowest BCUT2D eigenvalue weighted by Gasteiger charge is -2.33. The van der Waals surface area contributed by atoms with E-state index in [1.54, 1.807) is 36.4 Å². The lowest BCUT2D eigenvalue weighted by atomic mass is 9.92. The number of carboxylic acids is 1. The second-order valence-electron chi connectivity index (χ2n) is 11.1. The molecule has 0 saturated heterocycles. The summed E-state index contributed by atoms with van der Waals surface area (Å²) in [4.78, 5) is 56.3. The molecule has 1 aromatic heterocycles. The number of hydrogen-bond acceptors (Lipinski definition) is 10. The van der Waals surface area contributed by atoms with Crippen molar-refractivity contribution in [3.05, 3.63) is 63.6 Å². The number of aliphatic carboxylic acids is 1. The maximum Gasteiger partial charge on any atom is 0.308 e. The molecule has 4 rings (SSSR count). The van der Waals surface area contributed by atoms with Gasteiger partial charge < -0.3 is 34.3 Å². The molecule has 2 amide bonds. The summed E-state index contributed by atoms with van der Waals surface area (Å²) in [5, 5.41) is 12.3. The van der Waals surface area contributed by atoms with E-state index >= 15 is 0 Å². The first-order valence-electron chi connectivity index (χ1n) is 13.9. The number of anilines is 2. The van der Waals surface area contributed by atoms with E-state index in [0.29, 0.717) is 38.2 Å². The van der Waals surface area contributed by atoms with Crippen molar-refractivity contribution in [2.24, 2.45) is 5.41 Å². The number of rotatable bonds is 12. The van der Waals surface area contributed by atoms with Crippen LogP contribution in [0.3, 0.4) is 0 Å². The molecular formula is C31H34ClN3O9S. The van der Waals surface area contributed by atoms with Gasteiger partial charge in [0.1, 0.15) is 12.2 Å². The summed E-state index contributed by atoms with van der Waals surface area (Å²) in [5.41, 5.74) is 0.890. The molecule has 0 saturated carbocycles. The summed E-state index contributed by atoms with van der Waals surface area (Å²) in [6.07, 6.45) is -1.46. The summed E-state index contributed by atoms with van der Waals surface area (Å²) < 4.78 is 23.0. The number of methoxy groups -OCH3 is 2. The third kappa shape index (κ3) is 8.29. The summed E-state index contributed by atoms with van der Waals surface area (Å²) in [5.74, 6) is -1.72. The van der Waals surface area contributed by atoms with Gasteiger partial charge in [0.05, 0.1) is 33.7 Å². The Morgan fingerprint density at radius 3 is 2.58 bits per heavy atom. The van der Waals surface area contributed by atoms with Crippen molar-refractivity contribution in [1.82, 2.24) is 4.98 Å². The van der Waals surface area contributed by atoms with Crippen LogP contribution in [-0.4, -0.2) is 67.3 Å². The number of ether oxygens (including phenoxy) is 4. The van der Waals surface area contributed by atoms with Gasteiger partial charge in [-0.15, -0.1) is 11.3 Å². The van der Waals surface area contributed by atoms with E-state index in [4.69, 9.17) is 35.7 Å². The number of halogens is 1. The molecule has 1 aliphatic heterocycles. The van der Waals surface area contributed by atoms with E-state index in [-0.39, 0.29) is 24.7 Å². The number of amides is 2.